The standard InChI is InChI=1S/C17H22N2O3S/c1-12-9-13(2)17(22-3)16(10-12)23(20,21)19-11-15(18)14-7-5-4-6-8-14/h4-10,15,19H,11,18H2,1-3H3. The van der Waals surface area contributed by atoms with Crippen LogP contribution in [0.1, 0.15) is 22.7 Å². The third-order valence-corrected chi connectivity index (χ3v) is 5.03. The van der Waals surface area contributed by atoms with E-state index in [2.05, 4.69) is 4.72 Å². The van der Waals surface area contributed by atoms with Crippen molar-refractivity contribution in [3.8, 4) is 5.75 Å². The topological polar surface area (TPSA) is 81.4 Å². The van der Waals surface area contributed by atoms with E-state index in [1.54, 1.807) is 6.07 Å². The van der Waals surface area contributed by atoms with Gasteiger partial charge in [0.15, 0.2) is 0 Å². The summed E-state index contributed by atoms with van der Waals surface area (Å²) in [7, 11) is -2.24. The largest absolute Gasteiger partial charge is 0.495 e. The van der Waals surface area contributed by atoms with Gasteiger partial charge in [-0.1, -0.05) is 36.4 Å². The number of benzene rings is 2. The first-order chi connectivity index (χ1) is 10.8. The van der Waals surface area contributed by atoms with Gasteiger partial charge in [0.1, 0.15) is 10.6 Å². The zero-order valence-corrected chi connectivity index (χ0v) is 14.4. The minimum Gasteiger partial charge on any atom is -0.495 e. The highest BCUT2D eigenvalue weighted by Gasteiger charge is 2.22. The maximum atomic E-state index is 12.6. The van der Waals surface area contributed by atoms with Gasteiger partial charge < -0.3 is 10.5 Å². The molecule has 2 aromatic rings. The van der Waals surface area contributed by atoms with Gasteiger partial charge >= 0.3 is 0 Å². The van der Waals surface area contributed by atoms with Gasteiger partial charge in [-0.3, -0.25) is 0 Å². The van der Waals surface area contributed by atoms with Gasteiger partial charge in [-0.2, -0.15) is 0 Å². The molecule has 0 fully saturated rings. The van der Waals surface area contributed by atoms with E-state index < -0.39 is 16.1 Å². The van der Waals surface area contributed by atoms with Crippen LogP contribution in [0.25, 0.3) is 0 Å². The first kappa shape index (κ1) is 17.5. The van der Waals surface area contributed by atoms with E-state index in [0.29, 0.717) is 5.75 Å². The summed E-state index contributed by atoms with van der Waals surface area (Å²) in [6.07, 6.45) is 0. The molecule has 0 amide bonds. The van der Waals surface area contributed by atoms with Crippen molar-refractivity contribution in [1.82, 2.24) is 4.72 Å². The fraction of sp³-hybridized carbons (Fsp3) is 0.294. The molecule has 6 heteroatoms. The number of sulfonamides is 1. The SMILES string of the molecule is COc1c(C)cc(C)cc1S(=O)(=O)NCC(N)c1ccccc1. The number of hydrogen-bond acceptors (Lipinski definition) is 4. The minimum absolute atomic E-state index is 0.114. The molecular formula is C17H22N2O3S. The van der Waals surface area contributed by atoms with Crippen LogP contribution in [0.4, 0.5) is 0 Å². The molecule has 0 saturated heterocycles. The number of rotatable bonds is 6. The van der Waals surface area contributed by atoms with Gasteiger partial charge in [0.25, 0.3) is 0 Å². The molecule has 5 nitrogen and oxygen atoms in total. The Kier molecular flexibility index (Phi) is 5.41. The minimum atomic E-state index is -3.71. The van der Waals surface area contributed by atoms with Crippen molar-refractivity contribution < 1.29 is 13.2 Å². The Hall–Kier alpha value is -1.89. The van der Waals surface area contributed by atoms with Crippen LogP contribution in [0.15, 0.2) is 47.4 Å². The average molecular weight is 334 g/mol. The Morgan fingerprint density at radius 3 is 2.43 bits per heavy atom. The number of hydrogen-bond donors (Lipinski definition) is 2. The van der Waals surface area contributed by atoms with E-state index in [-0.39, 0.29) is 11.4 Å². The molecule has 1 atom stereocenters. The van der Waals surface area contributed by atoms with Crippen molar-refractivity contribution in [1.29, 1.82) is 0 Å². The van der Waals surface area contributed by atoms with Crippen molar-refractivity contribution in [2.24, 2.45) is 5.73 Å². The summed E-state index contributed by atoms with van der Waals surface area (Å²) in [6.45, 7) is 3.78. The van der Waals surface area contributed by atoms with Crippen LogP contribution in [0.2, 0.25) is 0 Å². The molecule has 0 aliphatic heterocycles. The van der Waals surface area contributed by atoms with Gasteiger partial charge in [-0.15, -0.1) is 0 Å². The van der Waals surface area contributed by atoms with E-state index in [1.807, 2.05) is 50.2 Å². The lowest BCUT2D eigenvalue weighted by Crippen LogP contribution is -2.32. The summed E-state index contributed by atoms with van der Waals surface area (Å²) in [4.78, 5) is 0.137. The zero-order valence-electron chi connectivity index (χ0n) is 13.5. The summed E-state index contributed by atoms with van der Waals surface area (Å²) in [5.41, 5.74) is 8.57. The Balaban J connectivity index is 2.23. The molecule has 0 radical (unpaired) electrons. The first-order valence-corrected chi connectivity index (χ1v) is 8.79. The number of nitrogens with two attached hydrogens (primary N) is 1. The Labute approximate surface area is 137 Å². The van der Waals surface area contributed by atoms with Crippen LogP contribution in [0.3, 0.4) is 0 Å². The molecule has 3 N–H and O–H groups in total. The third kappa shape index (κ3) is 4.10. The van der Waals surface area contributed by atoms with Gasteiger partial charge in [0, 0.05) is 12.6 Å². The second-order valence-electron chi connectivity index (χ2n) is 5.48. The summed E-state index contributed by atoms with van der Waals surface area (Å²) in [5.74, 6) is 0.358. The molecule has 124 valence electrons. The van der Waals surface area contributed by atoms with Crippen LogP contribution in [0.5, 0.6) is 5.75 Å². The maximum Gasteiger partial charge on any atom is 0.244 e. The number of methoxy groups -OCH3 is 1. The summed E-state index contributed by atoms with van der Waals surface area (Å²) in [6, 6.07) is 12.4. The van der Waals surface area contributed by atoms with Crippen LogP contribution < -0.4 is 15.2 Å². The highest BCUT2D eigenvalue weighted by Crippen LogP contribution is 2.29. The molecule has 0 heterocycles. The number of ether oxygens (including phenoxy) is 1. The van der Waals surface area contributed by atoms with E-state index >= 15 is 0 Å². The molecule has 0 aliphatic rings. The van der Waals surface area contributed by atoms with Crippen molar-refractivity contribution >= 4 is 10.0 Å². The van der Waals surface area contributed by atoms with E-state index in [0.717, 1.165) is 16.7 Å². The molecule has 2 aromatic carbocycles. The monoisotopic (exact) mass is 334 g/mol. The highest BCUT2D eigenvalue weighted by atomic mass is 32.2. The average Bonchev–Trinajstić information content (AvgIpc) is 2.53. The quantitative estimate of drug-likeness (QED) is 0.849. The van der Waals surface area contributed by atoms with Crippen LogP contribution in [-0.4, -0.2) is 22.1 Å². The van der Waals surface area contributed by atoms with Crippen molar-refractivity contribution in [3.63, 3.8) is 0 Å². The normalized spacial score (nSPS) is 12.9. The second-order valence-corrected chi connectivity index (χ2v) is 7.22. The fourth-order valence-corrected chi connectivity index (χ4v) is 3.86. The lowest BCUT2D eigenvalue weighted by Gasteiger charge is -2.16. The Morgan fingerprint density at radius 1 is 1.17 bits per heavy atom. The smallest absolute Gasteiger partial charge is 0.244 e. The molecule has 2 rings (SSSR count). The van der Waals surface area contributed by atoms with Crippen LogP contribution >= 0.6 is 0 Å². The lowest BCUT2D eigenvalue weighted by molar-refractivity contribution is 0.399. The molecule has 0 aliphatic carbocycles. The van der Waals surface area contributed by atoms with E-state index in [4.69, 9.17) is 10.5 Å². The number of nitrogens with one attached hydrogen (secondary N) is 1. The molecule has 0 saturated carbocycles. The lowest BCUT2D eigenvalue weighted by atomic mass is 10.1. The summed E-state index contributed by atoms with van der Waals surface area (Å²) in [5, 5.41) is 0. The number of aryl methyl sites for hydroxylation is 2. The molecule has 0 aromatic heterocycles. The van der Waals surface area contributed by atoms with Crippen LogP contribution in [-0.2, 0) is 10.0 Å². The molecule has 1 unspecified atom stereocenters. The molecule has 0 bridgehead atoms. The summed E-state index contributed by atoms with van der Waals surface area (Å²) >= 11 is 0. The first-order valence-electron chi connectivity index (χ1n) is 7.30. The van der Waals surface area contributed by atoms with Gasteiger partial charge in [0.2, 0.25) is 10.0 Å². The highest BCUT2D eigenvalue weighted by molar-refractivity contribution is 7.89. The van der Waals surface area contributed by atoms with E-state index in [1.165, 1.54) is 7.11 Å². The van der Waals surface area contributed by atoms with Crippen LogP contribution in [0, 0.1) is 13.8 Å². The van der Waals surface area contributed by atoms with Crippen molar-refractivity contribution in [2.75, 3.05) is 13.7 Å². The predicted octanol–water partition coefficient (Wildman–Crippen LogP) is 2.29. The molecule has 23 heavy (non-hydrogen) atoms. The van der Waals surface area contributed by atoms with Crippen molar-refractivity contribution in [3.05, 3.63) is 59.2 Å². The Morgan fingerprint density at radius 2 is 1.83 bits per heavy atom. The van der Waals surface area contributed by atoms with Gasteiger partial charge in [-0.25, -0.2) is 13.1 Å². The second kappa shape index (κ2) is 7.12. The third-order valence-electron chi connectivity index (χ3n) is 3.60. The van der Waals surface area contributed by atoms with Gasteiger partial charge in [-0.05, 0) is 36.6 Å². The fourth-order valence-electron chi connectivity index (χ4n) is 2.47. The zero-order chi connectivity index (χ0) is 17.0. The Bertz CT molecular complexity index is 774. The summed E-state index contributed by atoms with van der Waals surface area (Å²) < 4.78 is 33.0. The maximum absolute atomic E-state index is 12.6. The molecular weight excluding hydrogens is 312 g/mol. The van der Waals surface area contributed by atoms with E-state index in [9.17, 15) is 8.42 Å². The molecule has 0 spiro atoms. The van der Waals surface area contributed by atoms with Crippen molar-refractivity contribution in [2.45, 2.75) is 24.8 Å². The predicted molar refractivity (Wildman–Crippen MR) is 91.0 cm³/mol. The van der Waals surface area contributed by atoms with Gasteiger partial charge in [0.05, 0.1) is 7.11 Å².